The lowest BCUT2D eigenvalue weighted by atomic mass is 10.3. The maximum atomic E-state index is 5.87. The number of para-hydroxylation sites is 1. The lowest BCUT2D eigenvalue weighted by Gasteiger charge is -2.13. The first kappa shape index (κ1) is 19.1. The van der Waals surface area contributed by atoms with Gasteiger partial charge in [-0.3, -0.25) is 0 Å². The minimum absolute atomic E-state index is 0. The van der Waals surface area contributed by atoms with Gasteiger partial charge in [-0.15, -0.1) is 24.0 Å². The Morgan fingerprint density at radius 2 is 1.74 bits per heavy atom. The highest BCUT2D eigenvalue weighted by atomic mass is 127. The van der Waals surface area contributed by atoms with Crippen LogP contribution in [-0.4, -0.2) is 25.7 Å². The maximum absolute atomic E-state index is 5.87. The SMILES string of the molecule is COc1ccc(NC(N)=NCC(C)Oc2ccccc2)cc1.I. The van der Waals surface area contributed by atoms with Crippen molar-refractivity contribution in [2.45, 2.75) is 13.0 Å². The van der Waals surface area contributed by atoms with Crippen molar-refractivity contribution in [1.29, 1.82) is 0 Å². The van der Waals surface area contributed by atoms with Crippen LogP contribution in [0.1, 0.15) is 6.92 Å². The molecule has 6 heteroatoms. The number of benzene rings is 2. The fraction of sp³-hybridized carbons (Fsp3) is 0.235. The highest BCUT2D eigenvalue weighted by molar-refractivity contribution is 14.0. The number of nitrogens with two attached hydrogens (primary N) is 1. The van der Waals surface area contributed by atoms with Crippen LogP contribution in [0.5, 0.6) is 11.5 Å². The molecule has 2 rings (SSSR count). The van der Waals surface area contributed by atoms with E-state index in [9.17, 15) is 0 Å². The standard InChI is InChI=1S/C17H21N3O2.HI/c1-13(22-16-6-4-3-5-7-16)12-19-17(18)20-14-8-10-15(21-2)11-9-14;/h3-11,13H,12H2,1-2H3,(H3,18,19,20);1H. The number of halogens is 1. The monoisotopic (exact) mass is 427 g/mol. The van der Waals surface area contributed by atoms with E-state index in [0.29, 0.717) is 12.5 Å². The number of methoxy groups -OCH3 is 1. The molecule has 0 saturated heterocycles. The summed E-state index contributed by atoms with van der Waals surface area (Å²) in [5.41, 5.74) is 6.73. The molecule has 2 aromatic carbocycles. The molecule has 0 saturated carbocycles. The van der Waals surface area contributed by atoms with E-state index in [-0.39, 0.29) is 30.1 Å². The molecule has 3 N–H and O–H groups in total. The summed E-state index contributed by atoms with van der Waals surface area (Å²) < 4.78 is 10.8. The minimum Gasteiger partial charge on any atom is -0.497 e. The first-order valence-corrected chi connectivity index (χ1v) is 7.10. The summed E-state index contributed by atoms with van der Waals surface area (Å²) in [6, 6.07) is 17.1. The van der Waals surface area contributed by atoms with E-state index in [2.05, 4.69) is 10.3 Å². The second kappa shape index (κ2) is 9.94. The number of guanidine groups is 1. The van der Waals surface area contributed by atoms with E-state index >= 15 is 0 Å². The highest BCUT2D eigenvalue weighted by Crippen LogP contribution is 2.14. The molecule has 0 aliphatic rings. The van der Waals surface area contributed by atoms with Gasteiger partial charge >= 0.3 is 0 Å². The molecular weight excluding hydrogens is 405 g/mol. The molecule has 0 heterocycles. The van der Waals surface area contributed by atoms with Gasteiger partial charge in [0.2, 0.25) is 0 Å². The number of nitrogens with one attached hydrogen (secondary N) is 1. The van der Waals surface area contributed by atoms with Gasteiger partial charge in [0.25, 0.3) is 0 Å². The van der Waals surface area contributed by atoms with Crippen LogP contribution >= 0.6 is 24.0 Å². The van der Waals surface area contributed by atoms with Gasteiger partial charge in [-0.05, 0) is 43.3 Å². The molecule has 5 nitrogen and oxygen atoms in total. The first-order valence-electron chi connectivity index (χ1n) is 7.10. The van der Waals surface area contributed by atoms with Crippen LogP contribution in [0.3, 0.4) is 0 Å². The number of hydrogen-bond acceptors (Lipinski definition) is 3. The van der Waals surface area contributed by atoms with Gasteiger partial charge in [-0.1, -0.05) is 18.2 Å². The van der Waals surface area contributed by atoms with Crippen molar-refractivity contribution >= 4 is 35.6 Å². The van der Waals surface area contributed by atoms with Crippen LogP contribution < -0.4 is 20.5 Å². The number of nitrogens with zero attached hydrogens (tertiary/aromatic N) is 1. The molecular formula is C17H22IN3O2. The Hall–Kier alpha value is -1.96. The molecule has 0 radical (unpaired) electrons. The van der Waals surface area contributed by atoms with E-state index in [0.717, 1.165) is 17.2 Å². The van der Waals surface area contributed by atoms with Gasteiger partial charge in [0.1, 0.15) is 17.6 Å². The minimum atomic E-state index is -0.0568. The zero-order chi connectivity index (χ0) is 15.8. The average molecular weight is 427 g/mol. The molecule has 0 amide bonds. The van der Waals surface area contributed by atoms with E-state index in [1.165, 1.54) is 0 Å². The predicted molar refractivity (Wildman–Crippen MR) is 105 cm³/mol. The average Bonchev–Trinajstić information content (AvgIpc) is 2.55. The van der Waals surface area contributed by atoms with Crippen molar-refractivity contribution in [3.05, 3.63) is 54.6 Å². The van der Waals surface area contributed by atoms with Crippen LogP contribution in [0.4, 0.5) is 5.69 Å². The largest absolute Gasteiger partial charge is 0.497 e. The molecule has 0 bridgehead atoms. The maximum Gasteiger partial charge on any atom is 0.193 e. The Morgan fingerprint density at radius 1 is 1.09 bits per heavy atom. The quantitative estimate of drug-likeness (QED) is 0.421. The van der Waals surface area contributed by atoms with Crippen LogP contribution in [0.2, 0.25) is 0 Å². The summed E-state index contributed by atoms with van der Waals surface area (Å²) in [5, 5.41) is 3.03. The van der Waals surface area contributed by atoms with Crippen molar-refractivity contribution in [1.82, 2.24) is 0 Å². The number of anilines is 1. The number of ether oxygens (including phenoxy) is 2. The first-order chi connectivity index (χ1) is 10.7. The van der Waals surface area contributed by atoms with Crippen molar-refractivity contribution in [2.75, 3.05) is 19.0 Å². The third kappa shape index (κ3) is 6.77. The predicted octanol–water partition coefficient (Wildman–Crippen LogP) is 3.51. The molecule has 0 spiro atoms. The van der Waals surface area contributed by atoms with Crippen molar-refractivity contribution in [3.63, 3.8) is 0 Å². The van der Waals surface area contributed by atoms with Crippen molar-refractivity contribution in [3.8, 4) is 11.5 Å². The Kier molecular flexibility index (Phi) is 8.25. The normalized spacial score (nSPS) is 12.0. The molecule has 0 aliphatic carbocycles. The molecule has 124 valence electrons. The van der Waals surface area contributed by atoms with Gasteiger partial charge in [-0.2, -0.15) is 0 Å². The zero-order valence-electron chi connectivity index (χ0n) is 13.2. The molecule has 23 heavy (non-hydrogen) atoms. The lowest BCUT2D eigenvalue weighted by Crippen LogP contribution is -2.25. The molecule has 0 aliphatic heterocycles. The smallest absolute Gasteiger partial charge is 0.193 e. The zero-order valence-corrected chi connectivity index (χ0v) is 15.6. The van der Waals surface area contributed by atoms with Gasteiger partial charge in [-0.25, -0.2) is 4.99 Å². The van der Waals surface area contributed by atoms with E-state index < -0.39 is 0 Å². The van der Waals surface area contributed by atoms with Crippen molar-refractivity contribution < 1.29 is 9.47 Å². The Morgan fingerprint density at radius 3 is 2.35 bits per heavy atom. The topological polar surface area (TPSA) is 68.9 Å². The molecule has 2 aromatic rings. The van der Waals surface area contributed by atoms with Gasteiger partial charge in [0.15, 0.2) is 5.96 Å². The number of rotatable bonds is 6. The second-order valence-corrected chi connectivity index (χ2v) is 4.82. The van der Waals surface area contributed by atoms with Crippen molar-refractivity contribution in [2.24, 2.45) is 10.7 Å². The summed E-state index contributed by atoms with van der Waals surface area (Å²) in [5.74, 6) is 1.98. The van der Waals surface area contributed by atoms with Gasteiger partial charge in [0, 0.05) is 5.69 Å². The van der Waals surface area contributed by atoms with Crippen LogP contribution in [0, 0.1) is 0 Å². The van der Waals surface area contributed by atoms with Crippen LogP contribution in [-0.2, 0) is 0 Å². The molecule has 0 aromatic heterocycles. The van der Waals surface area contributed by atoms with Crippen LogP contribution in [0.25, 0.3) is 0 Å². The fourth-order valence-corrected chi connectivity index (χ4v) is 1.86. The third-order valence-electron chi connectivity index (χ3n) is 2.96. The van der Waals surface area contributed by atoms with Crippen LogP contribution in [0.15, 0.2) is 59.6 Å². The molecule has 1 unspecified atom stereocenters. The van der Waals surface area contributed by atoms with Gasteiger partial charge < -0.3 is 20.5 Å². The fourth-order valence-electron chi connectivity index (χ4n) is 1.86. The summed E-state index contributed by atoms with van der Waals surface area (Å²) in [6.07, 6.45) is -0.0568. The highest BCUT2D eigenvalue weighted by Gasteiger charge is 2.03. The summed E-state index contributed by atoms with van der Waals surface area (Å²) in [4.78, 5) is 4.29. The van der Waals surface area contributed by atoms with E-state index in [4.69, 9.17) is 15.2 Å². The summed E-state index contributed by atoms with van der Waals surface area (Å²) in [7, 11) is 1.63. The Labute approximate surface area is 153 Å². The number of hydrogen-bond donors (Lipinski definition) is 2. The number of aliphatic imine (C=N–C) groups is 1. The third-order valence-corrected chi connectivity index (χ3v) is 2.96. The molecule has 1 atom stereocenters. The summed E-state index contributed by atoms with van der Waals surface area (Å²) >= 11 is 0. The molecule has 0 fully saturated rings. The van der Waals surface area contributed by atoms with Gasteiger partial charge in [0.05, 0.1) is 13.7 Å². The summed E-state index contributed by atoms with van der Waals surface area (Å²) in [6.45, 7) is 2.43. The van der Waals surface area contributed by atoms with E-state index in [1.807, 2.05) is 61.5 Å². The van der Waals surface area contributed by atoms with E-state index in [1.54, 1.807) is 7.11 Å². The Balaban J connectivity index is 0.00000264. The second-order valence-electron chi connectivity index (χ2n) is 4.82. The Bertz CT molecular complexity index is 603. The lowest BCUT2D eigenvalue weighted by molar-refractivity contribution is 0.230.